The lowest BCUT2D eigenvalue weighted by atomic mass is 9.85. The van der Waals surface area contributed by atoms with Crippen LogP contribution < -0.4 is 5.32 Å². The summed E-state index contributed by atoms with van der Waals surface area (Å²) in [6.07, 6.45) is 5.19. The van der Waals surface area contributed by atoms with Crippen LogP contribution in [0.25, 0.3) is 11.5 Å². The third-order valence-electron chi connectivity index (χ3n) is 4.00. The number of aromatic nitrogens is 2. The number of nitrogens with zero attached hydrogens (tertiary/aromatic N) is 2. The van der Waals surface area contributed by atoms with Gasteiger partial charge in [-0.25, -0.2) is 0 Å². The fraction of sp³-hybridized carbons (Fsp3) is 0.500. The van der Waals surface area contributed by atoms with Gasteiger partial charge in [0.25, 0.3) is 0 Å². The number of hydrogen-bond acceptors (Lipinski definition) is 5. The second kappa shape index (κ2) is 6.37. The monoisotopic (exact) mass is 287 g/mol. The minimum atomic E-state index is -0.569. The lowest BCUT2D eigenvalue weighted by Crippen LogP contribution is -2.41. The van der Waals surface area contributed by atoms with E-state index in [0.717, 1.165) is 31.2 Å². The Labute approximate surface area is 124 Å². The zero-order valence-corrected chi connectivity index (χ0v) is 12.1. The standard InChI is InChI=1S/C16H21N3O2/c20-16(9-5-2-6-10-16)12-17-11-14-18-19-15(21-14)13-7-3-1-4-8-13/h1,3-4,7-8,17,20H,2,5-6,9-12H2. The van der Waals surface area contributed by atoms with Gasteiger partial charge in [0.1, 0.15) is 0 Å². The first-order chi connectivity index (χ1) is 10.3. The molecule has 1 aromatic heterocycles. The second-order valence-corrected chi connectivity index (χ2v) is 5.76. The molecule has 1 aromatic carbocycles. The molecule has 0 bridgehead atoms. The molecule has 1 fully saturated rings. The van der Waals surface area contributed by atoms with Gasteiger partial charge in [0.2, 0.25) is 11.8 Å². The van der Waals surface area contributed by atoms with E-state index in [1.165, 1.54) is 6.42 Å². The molecule has 1 aliphatic carbocycles. The summed E-state index contributed by atoms with van der Waals surface area (Å²) < 4.78 is 5.63. The maximum Gasteiger partial charge on any atom is 0.247 e. The second-order valence-electron chi connectivity index (χ2n) is 5.76. The van der Waals surface area contributed by atoms with Crippen LogP contribution in [0.5, 0.6) is 0 Å². The van der Waals surface area contributed by atoms with Crippen LogP contribution in [0.2, 0.25) is 0 Å². The minimum Gasteiger partial charge on any atom is -0.419 e. The molecule has 1 aliphatic rings. The Morgan fingerprint density at radius 2 is 1.86 bits per heavy atom. The molecule has 21 heavy (non-hydrogen) atoms. The molecule has 0 unspecified atom stereocenters. The summed E-state index contributed by atoms with van der Waals surface area (Å²) in [5.41, 5.74) is 0.350. The third-order valence-corrected chi connectivity index (χ3v) is 4.00. The van der Waals surface area contributed by atoms with E-state index in [4.69, 9.17) is 4.42 Å². The van der Waals surface area contributed by atoms with Gasteiger partial charge in [-0.1, -0.05) is 37.5 Å². The van der Waals surface area contributed by atoms with Gasteiger partial charge >= 0.3 is 0 Å². The molecule has 1 saturated carbocycles. The van der Waals surface area contributed by atoms with Crippen LogP contribution in [-0.4, -0.2) is 27.4 Å². The highest BCUT2D eigenvalue weighted by Gasteiger charge is 2.28. The first kappa shape index (κ1) is 14.2. The highest BCUT2D eigenvalue weighted by Crippen LogP contribution is 2.27. The van der Waals surface area contributed by atoms with Crippen molar-refractivity contribution in [3.8, 4) is 11.5 Å². The van der Waals surface area contributed by atoms with Crippen molar-refractivity contribution in [2.45, 2.75) is 44.2 Å². The highest BCUT2D eigenvalue weighted by molar-refractivity contribution is 5.51. The molecule has 0 aliphatic heterocycles. The number of rotatable bonds is 5. The molecule has 5 nitrogen and oxygen atoms in total. The summed E-state index contributed by atoms with van der Waals surface area (Å²) in [4.78, 5) is 0. The first-order valence-electron chi connectivity index (χ1n) is 7.56. The van der Waals surface area contributed by atoms with Crippen LogP contribution in [-0.2, 0) is 6.54 Å². The van der Waals surface area contributed by atoms with Crippen molar-refractivity contribution in [1.82, 2.24) is 15.5 Å². The number of nitrogens with one attached hydrogen (secondary N) is 1. The Balaban J connectivity index is 1.53. The van der Waals surface area contributed by atoms with Crippen molar-refractivity contribution < 1.29 is 9.52 Å². The van der Waals surface area contributed by atoms with Crippen molar-refractivity contribution >= 4 is 0 Å². The third kappa shape index (κ3) is 3.68. The largest absolute Gasteiger partial charge is 0.419 e. The van der Waals surface area contributed by atoms with Gasteiger partial charge in [0.05, 0.1) is 12.1 Å². The van der Waals surface area contributed by atoms with Crippen LogP contribution in [0.1, 0.15) is 38.0 Å². The van der Waals surface area contributed by atoms with Crippen molar-refractivity contribution in [1.29, 1.82) is 0 Å². The molecule has 0 saturated heterocycles. The zero-order valence-electron chi connectivity index (χ0n) is 12.1. The molecule has 3 rings (SSSR count). The zero-order chi connectivity index (χ0) is 14.5. The van der Waals surface area contributed by atoms with Crippen LogP contribution in [0.3, 0.4) is 0 Å². The molecule has 0 atom stereocenters. The SMILES string of the molecule is OC1(CNCc2nnc(-c3ccccc3)o2)CCCCC1. The van der Waals surface area contributed by atoms with E-state index < -0.39 is 5.60 Å². The van der Waals surface area contributed by atoms with Crippen LogP contribution in [0.4, 0.5) is 0 Å². The van der Waals surface area contributed by atoms with Crippen molar-refractivity contribution in [2.24, 2.45) is 0 Å². The average molecular weight is 287 g/mol. The smallest absolute Gasteiger partial charge is 0.247 e. The molecule has 5 heteroatoms. The van der Waals surface area contributed by atoms with E-state index in [0.29, 0.717) is 24.9 Å². The predicted molar refractivity (Wildman–Crippen MR) is 79.5 cm³/mol. The maximum atomic E-state index is 10.4. The number of hydrogen-bond donors (Lipinski definition) is 2. The summed E-state index contributed by atoms with van der Waals surface area (Å²) in [6.45, 7) is 1.07. The molecular formula is C16H21N3O2. The topological polar surface area (TPSA) is 71.2 Å². The summed E-state index contributed by atoms with van der Waals surface area (Å²) in [7, 11) is 0. The maximum absolute atomic E-state index is 10.4. The van der Waals surface area contributed by atoms with Gasteiger partial charge in [-0.05, 0) is 25.0 Å². The number of benzene rings is 1. The van der Waals surface area contributed by atoms with Crippen LogP contribution >= 0.6 is 0 Å². The molecule has 112 valence electrons. The molecule has 1 heterocycles. The van der Waals surface area contributed by atoms with Gasteiger partial charge in [-0.2, -0.15) is 0 Å². The Morgan fingerprint density at radius 1 is 1.10 bits per heavy atom. The van der Waals surface area contributed by atoms with Crippen LogP contribution in [0.15, 0.2) is 34.7 Å². The van der Waals surface area contributed by atoms with Gasteiger partial charge < -0.3 is 14.8 Å². The number of aliphatic hydroxyl groups is 1. The molecule has 0 radical (unpaired) electrons. The Kier molecular flexibility index (Phi) is 4.31. The summed E-state index contributed by atoms with van der Waals surface area (Å²) in [5.74, 6) is 1.08. The highest BCUT2D eigenvalue weighted by atomic mass is 16.4. The molecule has 0 spiro atoms. The Morgan fingerprint density at radius 3 is 2.62 bits per heavy atom. The fourth-order valence-corrected chi connectivity index (χ4v) is 2.81. The van der Waals surface area contributed by atoms with Gasteiger partial charge in [-0.3, -0.25) is 0 Å². The van der Waals surface area contributed by atoms with Gasteiger partial charge in [0.15, 0.2) is 0 Å². The van der Waals surface area contributed by atoms with Gasteiger partial charge in [0, 0.05) is 12.1 Å². The lowest BCUT2D eigenvalue weighted by molar-refractivity contribution is 0.00431. The van der Waals surface area contributed by atoms with E-state index >= 15 is 0 Å². The predicted octanol–water partition coefficient (Wildman–Crippen LogP) is 2.52. The fourth-order valence-electron chi connectivity index (χ4n) is 2.81. The van der Waals surface area contributed by atoms with Crippen molar-refractivity contribution in [3.05, 3.63) is 36.2 Å². The van der Waals surface area contributed by atoms with E-state index in [1.54, 1.807) is 0 Å². The molecule has 2 aromatic rings. The van der Waals surface area contributed by atoms with E-state index in [1.807, 2.05) is 30.3 Å². The summed E-state index contributed by atoms with van der Waals surface area (Å²) in [6, 6.07) is 9.71. The van der Waals surface area contributed by atoms with Crippen LogP contribution in [0, 0.1) is 0 Å². The molecule has 2 N–H and O–H groups in total. The van der Waals surface area contributed by atoms with Gasteiger partial charge in [-0.15, -0.1) is 10.2 Å². The summed E-state index contributed by atoms with van der Waals surface area (Å²) >= 11 is 0. The quantitative estimate of drug-likeness (QED) is 0.884. The molecule has 0 amide bonds. The minimum absolute atomic E-state index is 0.488. The van der Waals surface area contributed by atoms with E-state index in [9.17, 15) is 5.11 Å². The normalized spacial score (nSPS) is 17.8. The van der Waals surface area contributed by atoms with Crippen molar-refractivity contribution in [2.75, 3.05) is 6.54 Å². The Hall–Kier alpha value is -1.72. The summed E-state index contributed by atoms with van der Waals surface area (Å²) in [5, 5.41) is 21.7. The lowest BCUT2D eigenvalue weighted by Gasteiger charge is -2.32. The van der Waals surface area contributed by atoms with E-state index in [2.05, 4.69) is 15.5 Å². The Bertz CT molecular complexity index is 562. The average Bonchev–Trinajstić information content (AvgIpc) is 2.98. The first-order valence-corrected chi connectivity index (χ1v) is 7.56. The van der Waals surface area contributed by atoms with Crippen molar-refractivity contribution in [3.63, 3.8) is 0 Å². The van der Waals surface area contributed by atoms with E-state index in [-0.39, 0.29) is 0 Å². The molecular weight excluding hydrogens is 266 g/mol.